The first-order valence-corrected chi connectivity index (χ1v) is 7.77. The quantitative estimate of drug-likeness (QED) is 0.296. The van der Waals surface area contributed by atoms with Gasteiger partial charge in [-0.25, -0.2) is 0 Å². The monoisotopic (exact) mass is 370 g/mol. The molecule has 0 aromatic carbocycles. The predicted octanol–water partition coefficient (Wildman–Crippen LogP) is -2.89. The molecular formula is C12H24N2Na2S4. The Kier molecular flexibility index (Phi) is 26.5. The molecule has 0 aliphatic carbocycles. The molecule has 0 aromatic rings. The van der Waals surface area contributed by atoms with Crippen LogP contribution in [0.25, 0.3) is 0 Å². The molecule has 0 bridgehead atoms. The zero-order valence-corrected chi connectivity index (χ0v) is 21.4. The molecule has 2 nitrogen and oxygen atoms in total. The second kappa shape index (κ2) is 17.6. The van der Waals surface area contributed by atoms with Crippen molar-refractivity contribution in [1.29, 1.82) is 0 Å². The molecule has 0 unspecified atom stereocenters. The average Bonchev–Trinajstić information content (AvgIpc) is 2.17. The van der Waals surface area contributed by atoms with E-state index in [0.717, 1.165) is 13.1 Å². The van der Waals surface area contributed by atoms with Gasteiger partial charge in [0.05, 0.1) is 0 Å². The molecule has 0 amide bonds. The van der Waals surface area contributed by atoms with Gasteiger partial charge in [0.15, 0.2) is 0 Å². The van der Waals surface area contributed by atoms with Gasteiger partial charge >= 0.3 is 59.1 Å². The molecule has 0 radical (unpaired) electrons. The Hall–Kier alpha value is 2.22. The topological polar surface area (TPSA) is 6.48 Å². The fourth-order valence-electron chi connectivity index (χ4n) is 1.50. The fraction of sp³-hybridized carbons (Fsp3) is 0.833. The maximum atomic E-state index is 4.91. The fourth-order valence-corrected chi connectivity index (χ4v) is 2.86. The second-order valence-electron chi connectivity index (χ2n) is 4.30. The van der Waals surface area contributed by atoms with Gasteiger partial charge < -0.3 is 59.5 Å². The Morgan fingerprint density at radius 2 is 1.15 bits per heavy atom. The van der Waals surface area contributed by atoms with E-state index in [1.807, 2.05) is 23.6 Å². The van der Waals surface area contributed by atoms with Crippen molar-refractivity contribution in [3.8, 4) is 0 Å². The second-order valence-corrected chi connectivity index (χ2v) is 6.36. The molecule has 0 rings (SSSR count). The van der Waals surface area contributed by atoms with E-state index in [1.54, 1.807) is 0 Å². The summed E-state index contributed by atoms with van der Waals surface area (Å²) in [6.07, 6.45) is 0. The van der Waals surface area contributed by atoms with Gasteiger partial charge in [-0.3, -0.25) is 0 Å². The predicted molar refractivity (Wildman–Crippen MR) is 95.0 cm³/mol. The molecule has 0 heterocycles. The van der Waals surface area contributed by atoms with Gasteiger partial charge in [0.1, 0.15) is 0 Å². The van der Waals surface area contributed by atoms with Crippen molar-refractivity contribution in [2.24, 2.45) is 0 Å². The van der Waals surface area contributed by atoms with Crippen molar-refractivity contribution < 1.29 is 59.1 Å². The van der Waals surface area contributed by atoms with E-state index in [0.29, 0.717) is 20.7 Å². The third-order valence-electron chi connectivity index (χ3n) is 2.35. The van der Waals surface area contributed by atoms with Crippen LogP contribution in [0.2, 0.25) is 0 Å². The van der Waals surface area contributed by atoms with Crippen molar-refractivity contribution in [1.82, 2.24) is 9.80 Å². The van der Waals surface area contributed by atoms with Gasteiger partial charge in [-0.2, -0.15) is 0 Å². The van der Waals surface area contributed by atoms with Crippen LogP contribution in [0, 0.1) is 0 Å². The molecule has 0 fully saturated rings. The molecule has 0 saturated carbocycles. The Morgan fingerprint density at radius 3 is 1.15 bits per heavy atom. The van der Waals surface area contributed by atoms with Gasteiger partial charge in [0, 0.05) is 25.2 Å². The van der Waals surface area contributed by atoms with Crippen molar-refractivity contribution in [2.45, 2.75) is 53.6 Å². The van der Waals surface area contributed by atoms with Crippen molar-refractivity contribution in [3.63, 3.8) is 0 Å². The summed E-state index contributed by atoms with van der Waals surface area (Å²) in [4.78, 5) is 4.01. The van der Waals surface area contributed by atoms with Crippen molar-refractivity contribution >= 4 is 58.3 Å². The maximum Gasteiger partial charge on any atom is 1.00 e. The standard InChI is InChI=1S/C7H15NS2.C5H11NS2.2Na/c1-5(2)8(6(3)4)7(9)10;1-3-6(4-2)5(7)8;;/h5-6H,1-4H3,(H,9,10);3-4H2,1-2H3,(H,7,8);;/q;;2*+1/p-2. The molecule has 0 saturated heterocycles. The van der Waals surface area contributed by atoms with Crippen LogP contribution in [0.1, 0.15) is 41.5 Å². The van der Waals surface area contributed by atoms with Crippen LogP contribution in [0.3, 0.4) is 0 Å². The summed E-state index contributed by atoms with van der Waals surface area (Å²) in [7, 11) is 0. The first-order chi connectivity index (χ1) is 8.18. The summed E-state index contributed by atoms with van der Waals surface area (Å²) < 4.78 is 1.15. The van der Waals surface area contributed by atoms with E-state index >= 15 is 0 Å². The summed E-state index contributed by atoms with van der Waals surface area (Å²) in [5.74, 6) is 0. The van der Waals surface area contributed by atoms with Crippen LogP contribution in [0.15, 0.2) is 0 Å². The van der Waals surface area contributed by atoms with E-state index in [9.17, 15) is 0 Å². The maximum absolute atomic E-state index is 4.91. The molecule has 20 heavy (non-hydrogen) atoms. The molecule has 0 N–H and O–H groups in total. The van der Waals surface area contributed by atoms with E-state index in [2.05, 4.69) is 27.7 Å². The third kappa shape index (κ3) is 15.1. The molecular weight excluding hydrogens is 346 g/mol. The average molecular weight is 371 g/mol. The zero-order valence-electron chi connectivity index (χ0n) is 14.1. The molecule has 108 valence electrons. The summed E-state index contributed by atoms with van der Waals surface area (Å²) >= 11 is 19.3. The molecule has 0 aliphatic rings. The molecule has 0 aliphatic heterocycles. The normalized spacial score (nSPS) is 8.80. The van der Waals surface area contributed by atoms with E-state index in [1.165, 1.54) is 0 Å². The van der Waals surface area contributed by atoms with E-state index in [-0.39, 0.29) is 59.1 Å². The number of hydrogen-bond donors (Lipinski definition) is 0. The van der Waals surface area contributed by atoms with E-state index < -0.39 is 0 Å². The summed E-state index contributed by atoms with van der Waals surface area (Å²) in [6.45, 7) is 14.3. The van der Waals surface area contributed by atoms with Crippen molar-refractivity contribution in [3.05, 3.63) is 0 Å². The van der Waals surface area contributed by atoms with Gasteiger partial charge in [-0.05, 0) is 41.5 Å². The van der Waals surface area contributed by atoms with Crippen LogP contribution in [0.4, 0.5) is 0 Å². The summed E-state index contributed by atoms with van der Waals surface area (Å²) in [6, 6.07) is 0.843. The molecule has 0 aromatic heterocycles. The molecule has 0 spiro atoms. The van der Waals surface area contributed by atoms with Crippen LogP contribution >= 0.6 is 24.4 Å². The summed E-state index contributed by atoms with van der Waals surface area (Å²) in [5, 5.41) is 0. The SMILES string of the molecule is CC(C)N(C(=S)[S-])C(C)C.CCN(CC)C(=S)[S-].[Na+].[Na+]. The Bertz CT molecular complexity index is 252. The van der Waals surface area contributed by atoms with Gasteiger partial charge in [-0.1, -0.05) is 8.64 Å². The molecule has 8 heteroatoms. The number of rotatable bonds is 4. The van der Waals surface area contributed by atoms with Crippen LogP contribution in [0.5, 0.6) is 0 Å². The Morgan fingerprint density at radius 1 is 0.850 bits per heavy atom. The van der Waals surface area contributed by atoms with Gasteiger partial charge in [-0.15, -0.1) is 0 Å². The van der Waals surface area contributed by atoms with Crippen LogP contribution in [-0.2, 0) is 25.3 Å². The largest absolute Gasteiger partial charge is 1.00 e. The van der Waals surface area contributed by atoms with Gasteiger partial charge in [0.2, 0.25) is 0 Å². The minimum Gasteiger partial charge on any atom is -0.411 e. The minimum absolute atomic E-state index is 0. The Balaban J connectivity index is -0.000000119. The Labute approximate surface area is 191 Å². The minimum atomic E-state index is 0. The first-order valence-electron chi connectivity index (χ1n) is 6.14. The molecule has 0 atom stereocenters. The van der Waals surface area contributed by atoms with E-state index in [4.69, 9.17) is 49.7 Å². The van der Waals surface area contributed by atoms with Crippen LogP contribution in [-0.4, -0.2) is 43.6 Å². The summed E-state index contributed by atoms with van der Waals surface area (Å²) in [5.41, 5.74) is 0. The van der Waals surface area contributed by atoms with Gasteiger partial charge in [0.25, 0.3) is 0 Å². The van der Waals surface area contributed by atoms with Crippen molar-refractivity contribution in [2.75, 3.05) is 13.1 Å². The third-order valence-corrected chi connectivity index (χ3v) is 3.28. The number of nitrogens with zero attached hydrogens (tertiary/aromatic N) is 2. The first kappa shape index (κ1) is 30.1. The number of thiocarbonyl (C=S) groups is 2. The van der Waals surface area contributed by atoms with Crippen LogP contribution < -0.4 is 59.1 Å². The zero-order chi connectivity index (χ0) is 14.9. The number of hydrogen-bond acceptors (Lipinski definition) is 4. The smallest absolute Gasteiger partial charge is 0.411 e.